The lowest BCUT2D eigenvalue weighted by Crippen LogP contribution is -2.62. The van der Waals surface area contributed by atoms with Crippen molar-refractivity contribution in [1.29, 1.82) is 0 Å². The lowest BCUT2D eigenvalue weighted by atomic mass is 9.65. The second-order valence-electron chi connectivity index (χ2n) is 11.8. The SMILES string of the molecule is C=CCN(C)C(=O)[C@@H]1[C@H]2C(=O)N([C@@H](CO)[C@@H](C)CC)C(C(=O)N(CC=C)C(C)(C)C)C23S[C@@H]1CC3C. The summed E-state index contributed by atoms with van der Waals surface area (Å²) in [4.78, 5) is 47.7. The third-order valence-corrected chi connectivity index (χ3v) is 10.8. The fraction of sp³-hybridized carbons (Fsp3) is 0.750. The maximum atomic E-state index is 14.5. The van der Waals surface area contributed by atoms with Gasteiger partial charge in [0.05, 0.1) is 29.2 Å². The van der Waals surface area contributed by atoms with E-state index in [1.807, 2.05) is 34.6 Å². The molecule has 7 nitrogen and oxygen atoms in total. The number of amides is 3. The van der Waals surface area contributed by atoms with Crippen molar-refractivity contribution < 1.29 is 19.5 Å². The number of nitrogens with zero attached hydrogens (tertiary/aromatic N) is 3. The van der Waals surface area contributed by atoms with Crippen LogP contribution in [0.15, 0.2) is 25.3 Å². The van der Waals surface area contributed by atoms with Crippen LogP contribution < -0.4 is 0 Å². The first-order valence-electron chi connectivity index (χ1n) is 13.2. The van der Waals surface area contributed by atoms with Gasteiger partial charge in [0.25, 0.3) is 0 Å². The van der Waals surface area contributed by atoms with Crippen LogP contribution in [0.3, 0.4) is 0 Å². The molecular weight excluding hydrogens is 474 g/mol. The predicted octanol–water partition coefficient (Wildman–Crippen LogP) is 3.19. The van der Waals surface area contributed by atoms with Crippen molar-refractivity contribution in [3.8, 4) is 0 Å². The van der Waals surface area contributed by atoms with E-state index in [0.717, 1.165) is 12.8 Å². The molecule has 0 aromatic heterocycles. The highest BCUT2D eigenvalue weighted by Crippen LogP contribution is 2.69. The average molecular weight is 520 g/mol. The summed E-state index contributed by atoms with van der Waals surface area (Å²) < 4.78 is -0.709. The molecule has 0 radical (unpaired) electrons. The third kappa shape index (κ3) is 4.32. The summed E-state index contributed by atoms with van der Waals surface area (Å²) in [7, 11) is 1.75. The van der Waals surface area contributed by atoms with E-state index in [0.29, 0.717) is 13.1 Å². The molecule has 3 rings (SSSR count). The summed E-state index contributed by atoms with van der Waals surface area (Å²) in [5.74, 6) is -1.33. The van der Waals surface area contributed by atoms with Crippen molar-refractivity contribution in [1.82, 2.24) is 14.7 Å². The maximum absolute atomic E-state index is 14.5. The van der Waals surface area contributed by atoms with Crippen LogP contribution in [0.2, 0.25) is 0 Å². The molecule has 3 saturated heterocycles. The van der Waals surface area contributed by atoms with Crippen molar-refractivity contribution in [3.63, 3.8) is 0 Å². The molecule has 0 aromatic carbocycles. The minimum Gasteiger partial charge on any atom is -0.394 e. The number of carbonyl (C=O) groups is 3. The van der Waals surface area contributed by atoms with Crippen molar-refractivity contribution in [2.24, 2.45) is 23.7 Å². The Kier molecular flexibility index (Phi) is 8.41. The van der Waals surface area contributed by atoms with E-state index in [1.165, 1.54) is 0 Å². The Bertz CT molecular complexity index is 902. The van der Waals surface area contributed by atoms with Crippen molar-refractivity contribution in [2.75, 3.05) is 26.7 Å². The van der Waals surface area contributed by atoms with Gasteiger partial charge < -0.3 is 19.8 Å². The predicted molar refractivity (Wildman–Crippen MR) is 145 cm³/mol. The standard InChI is InChI=1S/C28H45N3O4S/c1-10-13-29(9)24(33)21-20-15-18(5)28(36-20)22(21)25(34)31(19(16-32)17(4)12-3)23(28)26(35)30(14-11-2)27(6,7)8/h10-11,17-23,32H,1-2,12-16H2,3-9H3/t17-,18?,19-,20+,21-,22-,23?,28?/m0/s1. The fourth-order valence-corrected chi connectivity index (χ4v) is 9.10. The number of aliphatic hydroxyl groups excluding tert-OH is 1. The van der Waals surface area contributed by atoms with Gasteiger partial charge in [-0.3, -0.25) is 14.4 Å². The molecule has 3 aliphatic rings. The van der Waals surface area contributed by atoms with E-state index >= 15 is 0 Å². The first-order valence-corrected chi connectivity index (χ1v) is 14.1. The summed E-state index contributed by atoms with van der Waals surface area (Å²) in [6.07, 6.45) is 4.96. The fourth-order valence-electron chi connectivity index (χ4n) is 6.70. The summed E-state index contributed by atoms with van der Waals surface area (Å²) >= 11 is 1.68. The monoisotopic (exact) mass is 519 g/mol. The second kappa shape index (κ2) is 10.5. The number of thioether (sulfide) groups is 1. The Labute approximate surface area is 221 Å². The average Bonchev–Trinajstić information content (AvgIpc) is 3.40. The summed E-state index contributed by atoms with van der Waals surface area (Å²) in [6, 6.07) is -1.23. The van der Waals surface area contributed by atoms with Crippen molar-refractivity contribution in [3.05, 3.63) is 25.3 Å². The summed E-state index contributed by atoms with van der Waals surface area (Å²) in [6.45, 7) is 20.3. The first kappa shape index (κ1) is 28.8. The molecule has 8 heteroatoms. The zero-order valence-electron chi connectivity index (χ0n) is 23.1. The number of hydrogen-bond acceptors (Lipinski definition) is 5. The number of hydrogen-bond donors (Lipinski definition) is 1. The van der Waals surface area contributed by atoms with Crippen molar-refractivity contribution >= 4 is 29.5 Å². The van der Waals surface area contributed by atoms with E-state index < -0.39 is 34.2 Å². The molecule has 3 unspecified atom stereocenters. The largest absolute Gasteiger partial charge is 0.394 e. The van der Waals surface area contributed by atoms with Gasteiger partial charge in [-0.2, -0.15) is 0 Å². The number of likely N-dealkylation sites (tertiary alicyclic amines) is 1. The highest BCUT2D eigenvalue weighted by molar-refractivity contribution is 8.02. The van der Waals surface area contributed by atoms with Gasteiger partial charge in [-0.15, -0.1) is 24.9 Å². The molecule has 0 saturated carbocycles. The van der Waals surface area contributed by atoms with E-state index in [4.69, 9.17) is 0 Å². The first-order chi connectivity index (χ1) is 16.8. The molecule has 0 aliphatic carbocycles. The Hall–Kier alpha value is -1.80. The summed E-state index contributed by atoms with van der Waals surface area (Å²) in [5.41, 5.74) is -0.482. The van der Waals surface area contributed by atoms with Gasteiger partial charge in [-0.1, -0.05) is 39.3 Å². The van der Waals surface area contributed by atoms with Gasteiger partial charge in [-0.05, 0) is 39.0 Å². The van der Waals surface area contributed by atoms with Crippen LogP contribution in [0.4, 0.5) is 0 Å². The zero-order chi connectivity index (χ0) is 27.2. The number of rotatable bonds is 10. The van der Waals surface area contributed by atoms with Gasteiger partial charge in [-0.25, -0.2) is 0 Å². The van der Waals surface area contributed by atoms with E-state index in [-0.39, 0.29) is 41.4 Å². The molecule has 202 valence electrons. The number of likely N-dealkylation sites (N-methyl/N-ethyl adjacent to an activating group) is 1. The van der Waals surface area contributed by atoms with E-state index in [2.05, 4.69) is 20.1 Å². The zero-order valence-corrected chi connectivity index (χ0v) is 23.9. The van der Waals surface area contributed by atoms with Crippen LogP contribution in [0.1, 0.15) is 54.4 Å². The highest BCUT2D eigenvalue weighted by Gasteiger charge is 2.77. The molecule has 1 spiro atoms. The van der Waals surface area contributed by atoms with Crippen LogP contribution in [-0.4, -0.2) is 91.9 Å². The Morgan fingerprint density at radius 2 is 1.86 bits per heavy atom. The minimum atomic E-state index is -0.743. The van der Waals surface area contributed by atoms with Gasteiger partial charge >= 0.3 is 0 Å². The quantitative estimate of drug-likeness (QED) is 0.449. The normalized spacial score (nSPS) is 32.7. The number of carbonyl (C=O) groups excluding carboxylic acids is 3. The molecule has 3 fully saturated rings. The van der Waals surface area contributed by atoms with Crippen LogP contribution >= 0.6 is 11.8 Å². The second-order valence-corrected chi connectivity index (χ2v) is 13.4. The topological polar surface area (TPSA) is 81.2 Å². The molecule has 1 N–H and O–H groups in total. The van der Waals surface area contributed by atoms with Crippen LogP contribution in [0.5, 0.6) is 0 Å². The minimum absolute atomic E-state index is 0.00191. The number of aliphatic hydroxyl groups is 1. The van der Waals surface area contributed by atoms with Gasteiger partial charge in [0, 0.05) is 30.9 Å². The molecule has 2 bridgehead atoms. The molecular formula is C28H45N3O4S. The van der Waals surface area contributed by atoms with Gasteiger partial charge in [0.2, 0.25) is 17.7 Å². The Morgan fingerprint density at radius 3 is 2.36 bits per heavy atom. The lowest BCUT2D eigenvalue weighted by molar-refractivity contribution is -0.149. The highest BCUT2D eigenvalue weighted by atomic mass is 32.2. The summed E-state index contributed by atoms with van der Waals surface area (Å²) in [5, 5.41) is 10.5. The molecule has 36 heavy (non-hydrogen) atoms. The Balaban J connectivity index is 2.20. The van der Waals surface area contributed by atoms with E-state index in [9.17, 15) is 19.5 Å². The van der Waals surface area contributed by atoms with Crippen LogP contribution in [0, 0.1) is 23.7 Å². The molecule has 0 aromatic rings. The lowest BCUT2D eigenvalue weighted by Gasteiger charge is -2.45. The van der Waals surface area contributed by atoms with Gasteiger partial charge in [0.15, 0.2) is 0 Å². The van der Waals surface area contributed by atoms with Gasteiger partial charge in [0.1, 0.15) is 6.04 Å². The van der Waals surface area contributed by atoms with E-state index in [1.54, 1.807) is 45.7 Å². The Morgan fingerprint density at radius 1 is 1.25 bits per heavy atom. The molecule has 3 amide bonds. The van der Waals surface area contributed by atoms with Crippen LogP contribution in [0.25, 0.3) is 0 Å². The third-order valence-electron chi connectivity index (χ3n) is 8.71. The molecule has 3 heterocycles. The smallest absolute Gasteiger partial charge is 0.247 e. The number of fused-ring (bicyclic) bond motifs is 1. The molecule has 8 atom stereocenters. The molecule has 3 aliphatic heterocycles. The van der Waals surface area contributed by atoms with Crippen molar-refractivity contribution in [2.45, 2.75) is 82.0 Å². The maximum Gasteiger partial charge on any atom is 0.247 e. The van der Waals surface area contributed by atoms with Crippen LogP contribution in [-0.2, 0) is 14.4 Å².